The Balaban J connectivity index is 2.09. The predicted molar refractivity (Wildman–Crippen MR) is 75.1 cm³/mol. The van der Waals surface area contributed by atoms with E-state index in [0.717, 1.165) is 19.5 Å². The Labute approximate surface area is 114 Å². The number of likely N-dealkylation sites (tertiary alicyclic amines) is 1. The number of nitrogens with one attached hydrogen (secondary N) is 1. The summed E-state index contributed by atoms with van der Waals surface area (Å²) >= 11 is 0. The molecule has 104 valence electrons. The fraction of sp³-hybridized carbons (Fsp3) is 0.643. The molecule has 0 aromatic carbocycles. The fourth-order valence-corrected chi connectivity index (χ4v) is 2.44. The van der Waals surface area contributed by atoms with Gasteiger partial charge in [-0.05, 0) is 44.7 Å². The lowest BCUT2D eigenvalue weighted by Gasteiger charge is -2.36. The Morgan fingerprint density at radius 1 is 1.37 bits per heavy atom. The maximum Gasteiger partial charge on any atom is 0.274 e. The van der Waals surface area contributed by atoms with Crippen molar-refractivity contribution in [2.75, 3.05) is 18.4 Å². The standard InChI is InChI=1S/C14H22N4O/c1-4-15-13-8-7-12(16-17-13)14(19)18-9-10(2)5-6-11(18)3/h7-8,10-11H,4-6,9H2,1-3H3,(H,15,17). The van der Waals surface area contributed by atoms with Crippen molar-refractivity contribution in [2.45, 2.75) is 39.7 Å². The van der Waals surface area contributed by atoms with Crippen LogP contribution >= 0.6 is 0 Å². The monoisotopic (exact) mass is 262 g/mol. The molecule has 1 aliphatic heterocycles. The number of carbonyl (C=O) groups is 1. The molecule has 0 saturated carbocycles. The highest BCUT2D eigenvalue weighted by Gasteiger charge is 2.28. The summed E-state index contributed by atoms with van der Waals surface area (Å²) in [5, 5.41) is 11.1. The number of anilines is 1. The summed E-state index contributed by atoms with van der Waals surface area (Å²) in [7, 11) is 0. The minimum Gasteiger partial charge on any atom is -0.369 e. The number of piperidine rings is 1. The topological polar surface area (TPSA) is 58.1 Å². The highest BCUT2D eigenvalue weighted by Crippen LogP contribution is 2.22. The number of nitrogens with zero attached hydrogens (tertiary/aromatic N) is 3. The summed E-state index contributed by atoms with van der Waals surface area (Å²) in [6.07, 6.45) is 2.26. The molecule has 0 radical (unpaired) electrons. The first kappa shape index (κ1) is 13.8. The maximum atomic E-state index is 12.4. The molecule has 2 unspecified atom stereocenters. The van der Waals surface area contributed by atoms with Gasteiger partial charge in [0.1, 0.15) is 5.82 Å². The average molecular weight is 262 g/mol. The summed E-state index contributed by atoms with van der Waals surface area (Å²) in [6, 6.07) is 3.85. The molecule has 1 N–H and O–H groups in total. The number of amides is 1. The largest absolute Gasteiger partial charge is 0.369 e. The van der Waals surface area contributed by atoms with E-state index in [2.05, 4.69) is 29.4 Å². The van der Waals surface area contributed by atoms with Crippen molar-refractivity contribution in [1.29, 1.82) is 0 Å². The molecule has 1 aliphatic rings. The van der Waals surface area contributed by atoms with E-state index in [-0.39, 0.29) is 5.91 Å². The van der Waals surface area contributed by atoms with Gasteiger partial charge in [-0.3, -0.25) is 4.79 Å². The Bertz CT molecular complexity index is 432. The molecular weight excluding hydrogens is 240 g/mol. The molecule has 0 aliphatic carbocycles. The Kier molecular flexibility index (Phi) is 4.35. The molecule has 0 spiro atoms. The molecule has 19 heavy (non-hydrogen) atoms. The zero-order valence-electron chi connectivity index (χ0n) is 11.9. The van der Waals surface area contributed by atoms with Gasteiger partial charge < -0.3 is 10.2 Å². The molecule has 5 heteroatoms. The Morgan fingerprint density at radius 2 is 2.16 bits per heavy atom. The minimum absolute atomic E-state index is 0.00500. The van der Waals surface area contributed by atoms with Gasteiger partial charge in [-0.25, -0.2) is 0 Å². The molecule has 2 atom stereocenters. The van der Waals surface area contributed by atoms with E-state index >= 15 is 0 Å². The second kappa shape index (κ2) is 5.99. The van der Waals surface area contributed by atoms with Crippen LogP contribution in [0.15, 0.2) is 12.1 Å². The van der Waals surface area contributed by atoms with Crippen LogP contribution in [-0.2, 0) is 0 Å². The van der Waals surface area contributed by atoms with Gasteiger partial charge >= 0.3 is 0 Å². The molecule has 1 aromatic heterocycles. The number of carbonyl (C=O) groups excluding carboxylic acids is 1. The van der Waals surface area contributed by atoms with Crippen molar-refractivity contribution in [3.05, 3.63) is 17.8 Å². The molecular formula is C14H22N4O. The summed E-state index contributed by atoms with van der Waals surface area (Å²) in [5.41, 5.74) is 0.433. The maximum absolute atomic E-state index is 12.4. The lowest BCUT2D eigenvalue weighted by Crippen LogP contribution is -2.45. The van der Waals surface area contributed by atoms with Crippen LogP contribution in [0, 0.1) is 5.92 Å². The molecule has 0 bridgehead atoms. The van der Waals surface area contributed by atoms with E-state index in [0.29, 0.717) is 23.5 Å². The van der Waals surface area contributed by atoms with E-state index in [1.54, 1.807) is 6.07 Å². The average Bonchev–Trinajstić information content (AvgIpc) is 2.42. The van der Waals surface area contributed by atoms with Crippen LogP contribution in [0.2, 0.25) is 0 Å². The second-order valence-corrected chi connectivity index (χ2v) is 5.32. The first-order chi connectivity index (χ1) is 9.11. The molecule has 1 fully saturated rings. The van der Waals surface area contributed by atoms with Gasteiger partial charge in [0.05, 0.1) is 0 Å². The van der Waals surface area contributed by atoms with Gasteiger partial charge in [0.2, 0.25) is 0 Å². The Hall–Kier alpha value is -1.65. The second-order valence-electron chi connectivity index (χ2n) is 5.32. The SMILES string of the molecule is CCNc1ccc(C(=O)N2CC(C)CCC2C)nn1. The van der Waals surface area contributed by atoms with Crippen molar-refractivity contribution in [1.82, 2.24) is 15.1 Å². The molecule has 1 aromatic rings. The van der Waals surface area contributed by atoms with E-state index in [1.807, 2.05) is 17.9 Å². The zero-order chi connectivity index (χ0) is 13.8. The van der Waals surface area contributed by atoms with Crippen LogP contribution in [-0.4, -0.2) is 40.1 Å². The third-order valence-corrected chi connectivity index (χ3v) is 3.62. The minimum atomic E-state index is -0.00500. The Morgan fingerprint density at radius 3 is 2.79 bits per heavy atom. The number of hydrogen-bond acceptors (Lipinski definition) is 4. The van der Waals surface area contributed by atoms with Gasteiger partial charge in [0.15, 0.2) is 5.69 Å². The molecule has 1 saturated heterocycles. The molecule has 2 heterocycles. The van der Waals surface area contributed by atoms with Gasteiger partial charge in [0.25, 0.3) is 5.91 Å². The predicted octanol–water partition coefficient (Wildman–Crippen LogP) is 2.17. The zero-order valence-corrected chi connectivity index (χ0v) is 11.9. The normalized spacial score (nSPS) is 23.2. The smallest absolute Gasteiger partial charge is 0.274 e. The van der Waals surface area contributed by atoms with E-state index in [9.17, 15) is 4.79 Å². The summed E-state index contributed by atoms with van der Waals surface area (Å²) in [5.74, 6) is 1.27. The van der Waals surface area contributed by atoms with Crippen LogP contribution in [0.25, 0.3) is 0 Å². The first-order valence-electron chi connectivity index (χ1n) is 7.00. The molecule has 1 amide bonds. The van der Waals surface area contributed by atoms with Gasteiger partial charge in [-0.2, -0.15) is 0 Å². The van der Waals surface area contributed by atoms with Crippen LogP contribution < -0.4 is 5.32 Å². The number of rotatable bonds is 3. The lowest BCUT2D eigenvalue weighted by atomic mass is 9.95. The van der Waals surface area contributed by atoms with Crippen molar-refractivity contribution in [2.24, 2.45) is 5.92 Å². The van der Waals surface area contributed by atoms with E-state index in [4.69, 9.17) is 0 Å². The van der Waals surface area contributed by atoms with Crippen molar-refractivity contribution >= 4 is 11.7 Å². The summed E-state index contributed by atoms with van der Waals surface area (Å²) in [6.45, 7) is 7.90. The quantitative estimate of drug-likeness (QED) is 0.907. The number of hydrogen-bond donors (Lipinski definition) is 1. The summed E-state index contributed by atoms with van der Waals surface area (Å²) in [4.78, 5) is 14.3. The summed E-state index contributed by atoms with van der Waals surface area (Å²) < 4.78 is 0. The third kappa shape index (κ3) is 3.22. The first-order valence-corrected chi connectivity index (χ1v) is 7.00. The van der Waals surface area contributed by atoms with Crippen molar-refractivity contribution < 1.29 is 4.79 Å². The number of aromatic nitrogens is 2. The lowest BCUT2D eigenvalue weighted by molar-refractivity contribution is 0.0567. The van der Waals surface area contributed by atoms with Crippen molar-refractivity contribution in [3.8, 4) is 0 Å². The molecule has 2 rings (SSSR count). The van der Waals surface area contributed by atoms with Gasteiger partial charge in [-0.15, -0.1) is 10.2 Å². The van der Waals surface area contributed by atoms with Crippen LogP contribution in [0.3, 0.4) is 0 Å². The van der Waals surface area contributed by atoms with Gasteiger partial charge in [-0.1, -0.05) is 6.92 Å². The highest BCUT2D eigenvalue weighted by atomic mass is 16.2. The van der Waals surface area contributed by atoms with E-state index in [1.165, 1.54) is 6.42 Å². The van der Waals surface area contributed by atoms with Crippen LogP contribution in [0.5, 0.6) is 0 Å². The van der Waals surface area contributed by atoms with Gasteiger partial charge in [0, 0.05) is 19.1 Å². The van der Waals surface area contributed by atoms with Crippen molar-refractivity contribution in [3.63, 3.8) is 0 Å². The van der Waals surface area contributed by atoms with Crippen LogP contribution in [0.4, 0.5) is 5.82 Å². The highest BCUT2D eigenvalue weighted by molar-refractivity contribution is 5.92. The third-order valence-electron chi connectivity index (χ3n) is 3.62. The fourth-order valence-electron chi connectivity index (χ4n) is 2.44. The van der Waals surface area contributed by atoms with Crippen LogP contribution in [0.1, 0.15) is 44.1 Å². The molecule has 5 nitrogen and oxygen atoms in total. The van der Waals surface area contributed by atoms with E-state index < -0.39 is 0 Å².